The highest BCUT2D eigenvalue weighted by Crippen LogP contribution is 2.37. The Bertz CT molecular complexity index is 2030. The van der Waals surface area contributed by atoms with Gasteiger partial charge in [-0.05, 0) is 78.4 Å². The number of nitrogens with one attached hydrogen (secondary N) is 3. The number of thioether (sulfide) groups is 1. The average Bonchev–Trinajstić information content (AvgIpc) is 3.14. The molecule has 0 aliphatic heterocycles. The number of ether oxygens (including phenoxy) is 2. The van der Waals surface area contributed by atoms with Gasteiger partial charge in [-0.2, -0.15) is 0 Å². The van der Waals surface area contributed by atoms with Gasteiger partial charge >= 0.3 is 5.97 Å². The van der Waals surface area contributed by atoms with Crippen LogP contribution in [0.4, 0.5) is 11.4 Å². The van der Waals surface area contributed by atoms with E-state index in [-0.39, 0.29) is 17.2 Å². The van der Waals surface area contributed by atoms with Gasteiger partial charge in [0.25, 0.3) is 11.8 Å². The van der Waals surface area contributed by atoms with Crippen LogP contribution < -0.4 is 25.4 Å². The lowest BCUT2D eigenvalue weighted by Crippen LogP contribution is -2.30. The van der Waals surface area contributed by atoms with Crippen LogP contribution in [0, 0.1) is 0 Å². The summed E-state index contributed by atoms with van der Waals surface area (Å²) in [7, 11) is 3.02. The number of carbonyl (C=O) groups is 4. The summed E-state index contributed by atoms with van der Waals surface area (Å²) in [5, 5.41) is 17.1. The molecule has 0 aliphatic carbocycles. The summed E-state index contributed by atoms with van der Waals surface area (Å²) >= 11 is 1.25. The minimum atomic E-state index is -1.10. The van der Waals surface area contributed by atoms with Gasteiger partial charge in [0.1, 0.15) is 22.4 Å². The summed E-state index contributed by atoms with van der Waals surface area (Å²) in [4.78, 5) is 52.7. The van der Waals surface area contributed by atoms with Crippen LogP contribution in [0.3, 0.4) is 0 Å². The molecule has 0 aromatic heterocycles. The Kier molecular flexibility index (Phi) is 11.7. The van der Waals surface area contributed by atoms with Crippen LogP contribution in [0.5, 0.6) is 11.5 Å². The highest BCUT2D eigenvalue weighted by atomic mass is 32.2. The monoisotopic (exact) mass is 687 g/mol. The SMILES string of the molecule is COc1ccc(OC)c(/C=C(/NC(=O)c2ccccc2)C(=O)Nc2cccc(SC(C(=O)Nc3cccc(C(=O)O)c3)c3ccccc3)c2)c1. The van der Waals surface area contributed by atoms with Crippen molar-refractivity contribution in [1.29, 1.82) is 0 Å². The van der Waals surface area contributed by atoms with Crippen LogP contribution in [0.15, 0.2) is 138 Å². The van der Waals surface area contributed by atoms with Crippen molar-refractivity contribution in [2.24, 2.45) is 0 Å². The molecule has 0 saturated carbocycles. The van der Waals surface area contributed by atoms with E-state index in [1.54, 1.807) is 78.9 Å². The van der Waals surface area contributed by atoms with Crippen molar-refractivity contribution in [2.45, 2.75) is 10.1 Å². The number of carbonyl (C=O) groups excluding carboxylic acids is 3. The summed E-state index contributed by atoms with van der Waals surface area (Å²) < 4.78 is 10.8. The Hall–Kier alpha value is -6.33. The molecule has 0 spiro atoms. The molecule has 5 aromatic carbocycles. The van der Waals surface area contributed by atoms with E-state index in [0.717, 1.165) is 5.56 Å². The zero-order valence-corrected chi connectivity index (χ0v) is 27.9. The molecule has 1 unspecified atom stereocenters. The first-order chi connectivity index (χ1) is 24.2. The molecule has 5 aromatic rings. The number of anilines is 2. The second-order valence-electron chi connectivity index (χ2n) is 10.8. The highest BCUT2D eigenvalue weighted by molar-refractivity contribution is 8.00. The first kappa shape index (κ1) is 35.0. The summed E-state index contributed by atoms with van der Waals surface area (Å²) in [5.74, 6) is -1.56. The zero-order valence-electron chi connectivity index (χ0n) is 27.1. The Morgan fingerprint density at radius 2 is 1.36 bits per heavy atom. The minimum absolute atomic E-state index is 0.0476. The number of carboxylic acids is 1. The first-order valence-electron chi connectivity index (χ1n) is 15.3. The maximum absolute atomic E-state index is 13.8. The fourth-order valence-electron chi connectivity index (χ4n) is 4.87. The maximum atomic E-state index is 13.8. The van der Waals surface area contributed by atoms with E-state index < -0.39 is 23.0 Å². The van der Waals surface area contributed by atoms with Crippen molar-refractivity contribution in [3.05, 3.63) is 155 Å². The van der Waals surface area contributed by atoms with Gasteiger partial charge in [-0.15, -0.1) is 11.8 Å². The van der Waals surface area contributed by atoms with E-state index in [2.05, 4.69) is 16.0 Å². The lowest BCUT2D eigenvalue weighted by Gasteiger charge is -2.18. The van der Waals surface area contributed by atoms with Gasteiger partial charge in [-0.25, -0.2) is 4.79 Å². The Morgan fingerprint density at radius 1 is 0.700 bits per heavy atom. The molecule has 0 heterocycles. The molecule has 5 rings (SSSR count). The molecule has 50 heavy (non-hydrogen) atoms. The number of aromatic carboxylic acids is 1. The van der Waals surface area contributed by atoms with Gasteiger partial charge in [-0.1, -0.05) is 60.7 Å². The number of hydrogen-bond donors (Lipinski definition) is 4. The summed E-state index contributed by atoms with van der Waals surface area (Å²) in [6.07, 6.45) is 1.51. The second-order valence-corrected chi connectivity index (χ2v) is 11.9. The smallest absolute Gasteiger partial charge is 0.335 e. The maximum Gasteiger partial charge on any atom is 0.335 e. The van der Waals surface area contributed by atoms with Crippen LogP contribution in [-0.4, -0.2) is 43.0 Å². The van der Waals surface area contributed by atoms with Gasteiger partial charge in [0, 0.05) is 27.4 Å². The number of benzene rings is 5. The fourth-order valence-corrected chi connectivity index (χ4v) is 5.95. The van der Waals surface area contributed by atoms with Crippen molar-refractivity contribution in [3.8, 4) is 11.5 Å². The van der Waals surface area contributed by atoms with Gasteiger partial charge in [0.05, 0.1) is 19.8 Å². The molecule has 252 valence electrons. The molecule has 11 heteroatoms. The van der Waals surface area contributed by atoms with Crippen LogP contribution in [-0.2, 0) is 9.59 Å². The molecular formula is C39H33N3O7S. The third-order valence-corrected chi connectivity index (χ3v) is 8.58. The number of hydrogen-bond acceptors (Lipinski definition) is 7. The fraction of sp³-hybridized carbons (Fsp3) is 0.0769. The number of amides is 3. The van der Waals surface area contributed by atoms with Crippen LogP contribution >= 0.6 is 11.8 Å². The van der Waals surface area contributed by atoms with Crippen molar-refractivity contribution in [2.75, 3.05) is 24.9 Å². The van der Waals surface area contributed by atoms with Crippen molar-refractivity contribution >= 4 is 52.9 Å². The van der Waals surface area contributed by atoms with Crippen LogP contribution in [0.2, 0.25) is 0 Å². The molecule has 0 aliphatic rings. The van der Waals surface area contributed by atoms with Crippen molar-refractivity contribution < 1.29 is 33.8 Å². The summed E-state index contributed by atoms with van der Waals surface area (Å²) in [6.45, 7) is 0. The summed E-state index contributed by atoms with van der Waals surface area (Å²) in [5.41, 5.74) is 2.35. The number of rotatable bonds is 13. The Balaban J connectivity index is 1.41. The lowest BCUT2D eigenvalue weighted by atomic mass is 10.1. The van der Waals surface area contributed by atoms with Crippen molar-refractivity contribution in [1.82, 2.24) is 5.32 Å². The third-order valence-electron chi connectivity index (χ3n) is 7.33. The molecule has 3 amide bonds. The standard InChI is InChI=1S/C39H33N3O7S/c1-48-31-19-20-34(49-2)28(22-31)23-33(42-36(43)26-13-7-4-8-14-26)37(44)40-30-17-10-18-32(24-30)50-35(25-11-5-3-6-12-25)38(45)41-29-16-9-15-27(21-29)39(46)47/h3-24,35H,1-2H3,(H,40,44)(H,41,45)(H,42,43)(H,46,47)/b33-23+. The molecule has 0 radical (unpaired) electrons. The quantitative estimate of drug-likeness (QED) is 0.0747. The van der Waals surface area contributed by atoms with Gasteiger partial charge < -0.3 is 30.5 Å². The Morgan fingerprint density at radius 3 is 2.04 bits per heavy atom. The van der Waals surface area contributed by atoms with E-state index in [0.29, 0.717) is 38.9 Å². The molecule has 1 atom stereocenters. The van der Waals surface area contributed by atoms with Gasteiger partial charge in [0.2, 0.25) is 5.91 Å². The second kappa shape index (κ2) is 16.7. The highest BCUT2D eigenvalue weighted by Gasteiger charge is 2.23. The predicted octanol–water partition coefficient (Wildman–Crippen LogP) is 7.28. The largest absolute Gasteiger partial charge is 0.497 e. The van der Waals surface area contributed by atoms with Gasteiger partial charge in [0.15, 0.2) is 0 Å². The van der Waals surface area contributed by atoms with E-state index in [4.69, 9.17) is 9.47 Å². The van der Waals surface area contributed by atoms with E-state index >= 15 is 0 Å². The number of carboxylic acid groups (broad SMARTS) is 1. The molecule has 0 fully saturated rings. The van der Waals surface area contributed by atoms with E-state index in [1.807, 2.05) is 36.4 Å². The molecule has 10 nitrogen and oxygen atoms in total. The van der Waals surface area contributed by atoms with Gasteiger partial charge in [-0.3, -0.25) is 14.4 Å². The lowest BCUT2D eigenvalue weighted by molar-refractivity contribution is -0.116. The van der Waals surface area contributed by atoms with Crippen molar-refractivity contribution in [3.63, 3.8) is 0 Å². The molecular weight excluding hydrogens is 655 g/mol. The molecule has 0 bridgehead atoms. The van der Waals surface area contributed by atoms with E-state index in [1.165, 1.54) is 44.2 Å². The molecule has 4 N–H and O–H groups in total. The molecule has 0 saturated heterocycles. The Labute approximate surface area is 293 Å². The zero-order chi connectivity index (χ0) is 35.5. The van der Waals surface area contributed by atoms with E-state index in [9.17, 15) is 24.3 Å². The third kappa shape index (κ3) is 9.18. The predicted molar refractivity (Wildman–Crippen MR) is 194 cm³/mol. The summed E-state index contributed by atoms with van der Waals surface area (Å²) in [6, 6.07) is 35.8. The number of methoxy groups -OCH3 is 2. The normalized spacial score (nSPS) is 11.5. The van der Waals surface area contributed by atoms with Crippen LogP contribution in [0.25, 0.3) is 6.08 Å². The first-order valence-corrected chi connectivity index (χ1v) is 16.2. The van der Waals surface area contributed by atoms with Crippen LogP contribution in [0.1, 0.15) is 37.1 Å². The topological polar surface area (TPSA) is 143 Å². The average molecular weight is 688 g/mol. The minimum Gasteiger partial charge on any atom is -0.497 e.